The number of halogens is 7. The van der Waals surface area contributed by atoms with Gasteiger partial charge in [0.1, 0.15) is 0 Å². The second kappa shape index (κ2) is 19.8. The Morgan fingerprint density at radius 2 is 1.14 bits per heavy atom. The molecule has 8 heteroatoms. The Kier molecular flexibility index (Phi) is 51.1. The zero-order chi connectivity index (χ0) is 5.98. The summed E-state index contributed by atoms with van der Waals surface area (Å²) in [5, 5.41) is 0. The van der Waals surface area contributed by atoms with Crippen molar-refractivity contribution in [2.45, 2.75) is 0 Å². The third-order valence-electron chi connectivity index (χ3n) is 0.905. The van der Waals surface area contributed by atoms with Crippen LogP contribution in [0.15, 0.2) is 28.7 Å². The first kappa shape index (κ1) is 36.2. The first-order valence-electron chi connectivity index (χ1n) is 2.31. The minimum absolute atomic E-state index is 0. The molecule has 14 heavy (non-hydrogen) atoms. The molecule has 0 aliphatic heterocycles. The van der Waals surface area contributed by atoms with Crippen LogP contribution in [0, 0.1) is 0 Å². The summed E-state index contributed by atoms with van der Waals surface area (Å²) in [5.74, 6) is 0. The maximum atomic E-state index is 5.47. The van der Waals surface area contributed by atoms with E-state index in [1.54, 1.807) is 0 Å². The van der Waals surface area contributed by atoms with Gasteiger partial charge in [-0.15, -0.1) is 74.4 Å². The predicted octanol–water partition coefficient (Wildman–Crippen LogP) is 4.56. The smallest absolute Gasteiger partial charge is 0.0458 e. The number of hydrogen-bond donors (Lipinski definition) is 1. The van der Waals surface area contributed by atoms with E-state index in [1.807, 2.05) is 24.3 Å². The van der Waals surface area contributed by atoms with Crippen LogP contribution in [0.3, 0.4) is 0 Å². The molecule has 0 saturated heterocycles. The first-order chi connectivity index (χ1) is 3.80. The van der Waals surface area contributed by atoms with Gasteiger partial charge in [0, 0.05) is 10.2 Å². The molecule has 0 aliphatic carbocycles. The van der Waals surface area contributed by atoms with Crippen molar-refractivity contribution in [3.05, 3.63) is 28.7 Å². The van der Waals surface area contributed by atoms with Crippen molar-refractivity contribution in [2.75, 3.05) is 5.73 Å². The van der Waals surface area contributed by atoms with Crippen LogP contribution in [0.4, 0.5) is 5.69 Å². The van der Waals surface area contributed by atoms with Gasteiger partial charge in [-0.25, -0.2) is 0 Å². The SMILES string of the molecule is Cl.Cl.Cl.Cl.Cl.Cl.Nc1ccccc1Br. The Labute approximate surface area is 130 Å². The third kappa shape index (κ3) is 13.2. The summed E-state index contributed by atoms with van der Waals surface area (Å²) in [4.78, 5) is 0. The van der Waals surface area contributed by atoms with Gasteiger partial charge in [0.2, 0.25) is 0 Å². The lowest BCUT2D eigenvalue weighted by molar-refractivity contribution is 1.63. The van der Waals surface area contributed by atoms with E-state index < -0.39 is 0 Å². The average molecular weight is 391 g/mol. The number of nitrogen functional groups attached to an aromatic ring is 1. The first-order valence-corrected chi connectivity index (χ1v) is 3.10. The summed E-state index contributed by atoms with van der Waals surface area (Å²) in [6.07, 6.45) is 0. The van der Waals surface area contributed by atoms with Gasteiger partial charge in [0.05, 0.1) is 0 Å². The number of anilines is 1. The Morgan fingerprint density at radius 3 is 1.36 bits per heavy atom. The van der Waals surface area contributed by atoms with E-state index >= 15 is 0 Å². The van der Waals surface area contributed by atoms with Gasteiger partial charge in [-0.1, -0.05) is 12.1 Å². The lowest BCUT2D eigenvalue weighted by atomic mass is 10.3. The van der Waals surface area contributed by atoms with Gasteiger partial charge in [-0.3, -0.25) is 0 Å². The second-order valence-electron chi connectivity index (χ2n) is 1.52. The van der Waals surface area contributed by atoms with Crippen molar-refractivity contribution in [3.8, 4) is 0 Å². The normalized spacial score (nSPS) is 5.21. The monoisotopic (exact) mass is 387 g/mol. The van der Waals surface area contributed by atoms with Crippen LogP contribution in [0.1, 0.15) is 0 Å². The molecule has 2 N–H and O–H groups in total. The minimum Gasteiger partial charge on any atom is -0.398 e. The van der Waals surface area contributed by atoms with Crippen LogP contribution < -0.4 is 5.73 Å². The standard InChI is InChI=1S/C6H6BrN.6ClH/c7-5-3-1-2-4-6(5)8;;;;;;/h1-4H,8H2;6*1H. The molecule has 0 spiro atoms. The molecule has 0 heterocycles. The third-order valence-corrected chi connectivity index (χ3v) is 1.63. The number of nitrogens with two attached hydrogens (primary N) is 1. The average Bonchev–Trinajstić information content (AvgIpc) is 1.77. The van der Waals surface area contributed by atoms with Crippen molar-refractivity contribution in [1.82, 2.24) is 0 Å². The van der Waals surface area contributed by atoms with Crippen molar-refractivity contribution >= 4 is 96.1 Å². The number of para-hydroxylation sites is 1. The number of rotatable bonds is 0. The van der Waals surface area contributed by atoms with Crippen molar-refractivity contribution in [3.63, 3.8) is 0 Å². The van der Waals surface area contributed by atoms with Gasteiger partial charge in [0.15, 0.2) is 0 Å². The van der Waals surface area contributed by atoms with Crippen LogP contribution in [0.5, 0.6) is 0 Å². The fourth-order valence-electron chi connectivity index (χ4n) is 0.475. The Morgan fingerprint density at radius 1 is 0.786 bits per heavy atom. The van der Waals surface area contributed by atoms with Crippen LogP contribution in [0.2, 0.25) is 0 Å². The lowest BCUT2D eigenvalue weighted by Gasteiger charge is -1.91. The summed E-state index contributed by atoms with van der Waals surface area (Å²) < 4.78 is 0.958. The van der Waals surface area contributed by atoms with E-state index in [-0.39, 0.29) is 74.4 Å². The zero-order valence-electron chi connectivity index (χ0n) is 6.71. The molecular weight excluding hydrogens is 379 g/mol. The van der Waals surface area contributed by atoms with Crippen molar-refractivity contribution in [2.24, 2.45) is 0 Å². The Hall–Kier alpha value is 1.24. The molecule has 0 unspecified atom stereocenters. The maximum Gasteiger partial charge on any atom is 0.0458 e. The van der Waals surface area contributed by atoms with Gasteiger partial charge in [-0.2, -0.15) is 0 Å². The summed E-state index contributed by atoms with van der Waals surface area (Å²) >= 11 is 3.27. The highest BCUT2D eigenvalue weighted by Gasteiger charge is 1.86. The summed E-state index contributed by atoms with van der Waals surface area (Å²) in [6.45, 7) is 0. The fraction of sp³-hybridized carbons (Fsp3) is 0. The fourth-order valence-corrected chi connectivity index (χ4v) is 0.760. The Bertz CT molecular complexity index is 178. The van der Waals surface area contributed by atoms with Gasteiger partial charge >= 0.3 is 0 Å². The van der Waals surface area contributed by atoms with Crippen LogP contribution in [-0.4, -0.2) is 0 Å². The summed E-state index contributed by atoms with van der Waals surface area (Å²) in [5.41, 5.74) is 6.26. The van der Waals surface area contributed by atoms with E-state index in [0.29, 0.717) is 0 Å². The molecule has 0 aliphatic rings. The van der Waals surface area contributed by atoms with Crippen LogP contribution >= 0.6 is 90.4 Å². The molecule has 1 nitrogen and oxygen atoms in total. The molecule has 0 bridgehead atoms. The molecular formula is C6H12BrCl6N. The largest absolute Gasteiger partial charge is 0.398 e. The highest BCUT2D eigenvalue weighted by Crippen LogP contribution is 2.16. The molecule has 1 aromatic carbocycles. The maximum absolute atomic E-state index is 5.47. The molecule has 0 aromatic heterocycles. The molecule has 1 aromatic rings. The number of benzene rings is 1. The second-order valence-corrected chi connectivity index (χ2v) is 2.38. The van der Waals surface area contributed by atoms with Gasteiger partial charge < -0.3 is 5.73 Å². The molecule has 0 atom stereocenters. The molecule has 90 valence electrons. The minimum atomic E-state index is 0. The van der Waals surface area contributed by atoms with Crippen LogP contribution in [-0.2, 0) is 0 Å². The lowest BCUT2D eigenvalue weighted by Crippen LogP contribution is -1.82. The molecule has 0 saturated carbocycles. The highest BCUT2D eigenvalue weighted by molar-refractivity contribution is 9.10. The van der Waals surface area contributed by atoms with E-state index in [9.17, 15) is 0 Å². The number of hydrogen-bond acceptors (Lipinski definition) is 1. The van der Waals surface area contributed by atoms with Gasteiger partial charge in [0.25, 0.3) is 0 Å². The quantitative estimate of drug-likeness (QED) is 0.646. The Balaban J connectivity index is -0.0000000267. The van der Waals surface area contributed by atoms with E-state index in [0.717, 1.165) is 10.2 Å². The van der Waals surface area contributed by atoms with Gasteiger partial charge in [-0.05, 0) is 28.1 Å². The van der Waals surface area contributed by atoms with Crippen LogP contribution in [0.25, 0.3) is 0 Å². The summed E-state index contributed by atoms with van der Waals surface area (Å²) in [6, 6.07) is 7.60. The van der Waals surface area contributed by atoms with Crippen molar-refractivity contribution in [1.29, 1.82) is 0 Å². The highest BCUT2D eigenvalue weighted by atomic mass is 79.9. The predicted molar refractivity (Wildman–Crippen MR) is 82.0 cm³/mol. The molecule has 0 radical (unpaired) electrons. The van der Waals surface area contributed by atoms with E-state index in [2.05, 4.69) is 15.9 Å². The topological polar surface area (TPSA) is 26.0 Å². The molecule has 1 rings (SSSR count). The molecule has 0 fully saturated rings. The van der Waals surface area contributed by atoms with Crippen molar-refractivity contribution < 1.29 is 0 Å². The van der Waals surface area contributed by atoms with E-state index in [4.69, 9.17) is 5.73 Å². The van der Waals surface area contributed by atoms with E-state index in [1.165, 1.54) is 0 Å². The zero-order valence-corrected chi connectivity index (χ0v) is 13.2. The summed E-state index contributed by atoms with van der Waals surface area (Å²) in [7, 11) is 0. The molecule has 0 amide bonds.